The molecule has 0 rings (SSSR count). The number of carbonyl (C=O) groups excluding carboxylic acids is 2. The molecule has 1 atom stereocenters. The number of carboxylic acids is 1. The van der Waals surface area contributed by atoms with Crippen molar-refractivity contribution in [2.24, 2.45) is 11.5 Å². The predicted molar refractivity (Wildman–Crippen MR) is 32.6 cm³/mol. The van der Waals surface area contributed by atoms with E-state index in [4.69, 9.17) is 10.8 Å². The van der Waals surface area contributed by atoms with E-state index in [-0.39, 0.29) is 6.42 Å². The van der Waals surface area contributed by atoms with Crippen molar-refractivity contribution in [1.29, 1.82) is 0 Å². The molecule has 6 heteroatoms. The number of primary amides is 1. The van der Waals surface area contributed by atoms with Gasteiger partial charge in [0.05, 0.1) is 5.97 Å². The molecule has 6 nitrogen and oxygen atoms in total. The molecule has 0 aromatic heterocycles. The van der Waals surface area contributed by atoms with Gasteiger partial charge in [0.15, 0.2) is 5.72 Å². The normalized spacial score (nSPS) is 15.5. The summed E-state index contributed by atoms with van der Waals surface area (Å²) in [6, 6.07) is 0. The fourth-order valence-electron chi connectivity index (χ4n) is 0.416. The summed E-state index contributed by atoms with van der Waals surface area (Å²) in [4.78, 5) is 20.1. The number of amides is 1. The van der Waals surface area contributed by atoms with Gasteiger partial charge in [0.2, 0.25) is 5.91 Å². The first kappa shape index (κ1) is 9.86. The molecule has 0 aliphatic rings. The fraction of sp³-hybridized carbons (Fsp3) is 0.600. The maximum Gasteiger partial charge on any atom is 0.217 e. The maximum absolute atomic E-state index is 10.1. The molecule has 0 spiro atoms. The van der Waals surface area contributed by atoms with E-state index in [2.05, 4.69) is 5.73 Å². The van der Waals surface area contributed by atoms with Crippen LogP contribution in [0.5, 0.6) is 0 Å². The number of hydrogen-bond donors (Lipinski definition) is 3. The molecule has 5 N–H and O–H groups in total. The molecule has 0 saturated heterocycles. The largest absolute Gasteiger partial charge is 0.546 e. The van der Waals surface area contributed by atoms with Crippen LogP contribution in [0.1, 0.15) is 12.8 Å². The summed E-state index contributed by atoms with van der Waals surface area (Å²) in [5.41, 5.74) is 7.01. The first-order valence-electron chi connectivity index (χ1n) is 2.87. The third kappa shape index (κ3) is 3.54. The van der Waals surface area contributed by atoms with Crippen molar-refractivity contribution in [3.8, 4) is 0 Å². The van der Waals surface area contributed by atoms with Crippen molar-refractivity contribution in [2.75, 3.05) is 0 Å². The third-order valence-electron chi connectivity index (χ3n) is 1.11. The first-order chi connectivity index (χ1) is 4.86. The Balaban J connectivity index is 3.92. The molecule has 0 aliphatic carbocycles. The molecule has 1 amide bonds. The SMILES string of the molecule is NC(=O)CCC(N)(O)C(=O)[O-]. The van der Waals surface area contributed by atoms with Gasteiger partial charge in [-0.25, -0.2) is 0 Å². The highest BCUT2D eigenvalue weighted by Gasteiger charge is 2.22. The molecule has 0 bridgehead atoms. The summed E-state index contributed by atoms with van der Waals surface area (Å²) in [6.45, 7) is 0. The van der Waals surface area contributed by atoms with Gasteiger partial charge in [-0.3, -0.25) is 10.5 Å². The highest BCUT2D eigenvalue weighted by molar-refractivity contribution is 5.77. The quantitative estimate of drug-likeness (QED) is 0.371. The van der Waals surface area contributed by atoms with Crippen LogP contribution in [0, 0.1) is 0 Å². The highest BCUT2D eigenvalue weighted by Crippen LogP contribution is 2.03. The monoisotopic (exact) mass is 161 g/mol. The Kier molecular flexibility index (Phi) is 2.97. The Hall–Kier alpha value is -1.14. The van der Waals surface area contributed by atoms with E-state index in [0.29, 0.717) is 0 Å². The number of carbonyl (C=O) groups is 2. The molecule has 11 heavy (non-hydrogen) atoms. The summed E-state index contributed by atoms with van der Waals surface area (Å²) in [6.07, 6.45) is -0.731. The summed E-state index contributed by atoms with van der Waals surface area (Å²) in [7, 11) is 0. The van der Waals surface area contributed by atoms with E-state index in [0.717, 1.165) is 0 Å². The van der Waals surface area contributed by atoms with E-state index in [9.17, 15) is 14.7 Å². The van der Waals surface area contributed by atoms with Crippen LogP contribution in [0.15, 0.2) is 0 Å². The summed E-state index contributed by atoms with van der Waals surface area (Å²) in [5.74, 6) is -2.55. The van der Waals surface area contributed by atoms with Gasteiger partial charge in [-0.1, -0.05) is 0 Å². The lowest BCUT2D eigenvalue weighted by Gasteiger charge is -2.22. The molecular formula is C5H9N2O4-. The van der Waals surface area contributed by atoms with Crippen LogP contribution < -0.4 is 16.6 Å². The van der Waals surface area contributed by atoms with Crippen LogP contribution in [0.2, 0.25) is 0 Å². The van der Waals surface area contributed by atoms with Gasteiger partial charge in [0.1, 0.15) is 0 Å². The zero-order chi connectivity index (χ0) is 9.07. The second-order valence-corrected chi connectivity index (χ2v) is 2.18. The average molecular weight is 161 g/mol. The Morgan fingerprint density at radius 3 is 2.27 bits per heavy atom. The van der Waals surface area contributed by atoms with Gasteiger partial charge < -0.3 is 20.7 Å². The van der Waals surface area contributed by atoms with Gasteiger partial charge >= 0.3 is 0 Å². The zero-order valence-electron chi connectivity index (χ0n) is 5.74. The number of hydrogen-bond acceptors (Lipinski definition) is 5. The first-order valence-corrected chi connectivity index (χ1v) is 2.87. The lowest BCUT2D eigenvalue weighted by atomic mass is 10.1. The highest BCUT2D eigenvalue weighted by atomic mass is 16.4. The van der Waals surface area contributed by atoms with Gasteiger partial charge in [-0.15, -0.1) is 0 Å². The molecule has 0 aromatic rings. The van der Waals surface area contributed by atoms with Gasteiger partial charge in [0, 0.05) is 12.8 Å². The second kappa shape index (κ2) is 3.31. The van der Waals surface area contributed by atoms with E-state index in [1.54, 1.807) is 0 Å². The van der Waals surface area contributed by atoms with Gasteiger partial charge in [0.25, 0.3) is 0 Å². The molecule has 0 fully saturated rings. The molecular weight excluding hydrogens is 152 g/mol. The Morgan fingerprint density at radius 1 is 1.55 bits per heavy atom. The van der Waals surface area contributed by atoms with Crippen LogP contribution in [0.3, 0.4) is 0 Å². The van der Waals surface area contributed by atoms with Crippen LogP contribution in [-0.2, 0) is 9.59 Å². The number of aliphatic carboxylic acids is 1. The van der Waals surface area contributed by atoms with Crippen LogP contribution in [0.4, 0.5) is 0 Å². The minimum atomic E-state index is -2.46. The summed E-state index contributed by atoms with van der Waals surface area (Å²) >= 11 is 0. The lowest BCUT2D eigenvalue weighted by molar-refractivity contribution is -0.324. The van der Waals surface area contributed by atoms with E-state index >= 15 is 0 Å². The Labute approximate surface area is 62.8 Å². The smallest absolute Gasteiger partial charge is 0.217 e. The fourth-order valence-corrected chi connectivity index (χ4v) is 0.416. The zero-order valence-corrected chi connectivity index (χ0v) is 5.74. The minimum Gasteiger partial charge on any atom is -0.546 e. The van der Waals surface area contributed by atoms with Crippen molar-refractivity contribution in [1.82, 2.24) is 0 Å². The summed E-state index contributed by atoms with van der Waals surface area (Å²) in [5, 5.41) is 18.7. The average Bonchev–Trinajstić information content (AvgIpc) is 1.84. The molecule has 1 unspecified atom stereocenters. The van der Waals surface area contributed by atoms with E-state index in [1.165, 1.54) is 0 Å². The van der Waals surface area contributed by atoms with Crippen molar-refractivity contribution < 1.29 is 19.8 Å². The molecule has 64 valence electrons. The van der Waals surface area contributed by atoms with Crippen molar-refractivity contribution >= 4 is 11.9 Å². The van der Waals surface area contributed by atoms with Crippen LogP contribution in [-0.4, -0.2) is 22.7 Å². The van der Waals surface area contributed by atoms with E-state index in [1.807, 2.05) is 0 Å². The predicted octanol–water partition coefficient (Wildman–Crippen LogP) is -3.35. The topological polar surface area (TPSA) is 129 Å². The second-order valence-electron chi connectivity index (χ2n) is 2.18. The van der Waals surface area contributed by atoms with E-state index < -0.39 is 24.0 Å². The number of carboxylic acid groups (broad SMARTS) is 1. The van der Waals surface area contributed by atoms with Crippen molar-refractivity contribution in [2.45, 2.75) is 18.6 Å². The molecule has 0 aliphatic heterocycles. The van der Waals surface area contributed by atoms with Gasteiger partial charge in [-0.05, 0) is 0 Å². The maximum atomic E-state index is 10.1. The third-order valence-corrected chi connectivity index (χ3v) is 1.11. The molecule has 0 heterocycles. The number of nitrogens with two attached hydrogens (primary N) is 2. The molecule has 0 radical (unpaired) electrons. The Morgan fingerprint density at radius 2 is 2.00 bits per heavy atom. The number of aliphatic hydroxyl groups is 1. The number of rotatable bonds is 4. The molecule has 0 aromatic carbocycles. The summed E-state index contributed by atoms with van der Waals surface area (Å²) < 4.78 is 0. The van der Waals surface area contributed by atoms with Crippen LogP contribution in [0.25, 0.3) is 0 Å². The molecule has 0 saturated carbocycles. The van der Waals surface area contributed by atoms with Gasteiger partial charge in [-0.2, -0.15) is 0 Å². The standard InChI is InChI=1S/C5H10N2O4/c6-3(8)1-2-5(7,11)4(9)10/h11H,1-2,7H2,(H2,6,8)(H,9,10)/p-1. The van der Waals surface area contributed by atoms with Crippen LogP contribution >= 0.6 is 0 Å². The Bertz CT molecular complexity index is 177. The van der Waals surface area contributed by atoms with Crippen molar-refractivity contribution in [3.05, 3.63) is 0 Å². The minimum absolute atomic E-state index is 0.291. The lowest BCUT2D eigenvalue weighted by Crippen LogP contribution is -2.55. The van der Waals surface area contributed by atoms with Crippen molar-refractivity contribution in [3.63, 3.8) is 0 Å².